The van der Waals surface area contributed by atoms with Gasteiger partial charge in [-0.05, 0) is 45.0 Å². The van der Waals surface area contributed by atoms with Crippen molar-refractivity contribution in [2.45, 2.75) is 32.2 Å². The zero-order chi connectivity index (χ0) is 14.5. The SMILES string of the molecule is Cc1cccc(CNc2cnc(C3CCNCC3)cn2)n1. The Hall–Kier alpha value is -2.01. The molecule has 110 valence electrons. The highest BCUT2D eigenvalue weighted by Crippen LogP contribution is 2.22. The van der Waals surface area contributed by atoms with E-state index in [2.05, 4.69) is 25.6 Å². The van der Waals surface area contributed by atoms with Crippen LogP contribution in [0.3, 0.4) is 0 Å². The second-order valence-electron chi connectivity index (χ2n) is 5.47. The number of aryl methyl sites for hydroxylation is 1. The summed E-state index contributed by atoms with van der Waals surface area (Å²) in [7, 11) is 0. The second-order valence-corrected chi connectivity index (χ2v) is 5.47. The lowest BCUT2D eigenvalue weighted by atomic mass is 9.95. The van der Waals surface area contributed by atoms with Gasteiger partial charge in [-0.15, -0.1) is 0 Å². The van der Waals surface area contributed by atoms with Gasteiger partial charge < -0.3 is 10.6 Å². The van der Waals surface area contributed by atoms with Crippen LogP contribution in [0.1, 0.15) is 35.8 Å². The Morgan fingerprint density at radius 2 is 2.05 bits per heavy atom. The van der Waals surface area contributed by atoms with Crippen LogP contribution < -0.4 is 10.6 Å². The first kappa shape index (κ1) is 13.9. The number of nitrogens with one attached hydrogen (secondary N) is 2. The maximum Gasteiger partial charge on any atom is 0.144 e. The molecule has 0 amide bonds. The molecule has 1 aliphatic heterocycles. The number of aromatic nitrogens is 3. The normalized spacial score (nSPS) is 15.9. The van der Waals surface area contributed by atoms with E-state index in [1.54, 1.807) is 0 Å². The Bertz CT molecular complexity index is 575. The molecule has 0 bridgehead atoms. The zero-order valence-electron chi connectivity index (χ0n) is 12.3. The Morgan fingerprint density at radius 1 is 1.19 bits per heavy atom. The van der Waals surface area contributed by atoms with Gasteiger partial charge in [0.1, 0.15) is 5.82 Å². The lowest BCUT2D eigenvalue weighted by Gasteiger charge is -2.21. The summed E-state index contributed by atoms with van der Waals surface area (Å²) in [5.74, 6) is 1.35. The molecule has 3 heterocycles. The number of anilines is 1. The largest absolute Gasteiger partial charge is 0.363 e. The van der Waals surface area contributed by atoms with E-state index in [-0.39, 0.29) is 0 Å². The van der Waals surface area contributed by atoms with Crippen molar-refractivity contribution in [1.29, 1.82) is 0 Å². The molecule has 21 heavy (non-hydrogen) atoms. The topological polar surface area (TPSA) is 62.7 Å². The molecule has 2 aromatic heterocycles. The van der Waals surface area contributed by atoms with Gasteiger partial charge in [0, 0.05) is 11.6 Å². The van der Waals surface area contributed by atoms with Gasteiger partial charge >= 0.3 is 0 Å². The quantitative estimate of drug-likeness (QED) is 0.901. The maximum absolute atomic E-state index is 4.56. The van der Waals surface area contributed by atoms with Crippen molar-refractivity contribution in [3.8, 4) is 0 Å². The van der Waals surface area contributed by atoms with Crippen LogP contribution >= 0.6 is 0 Å². The molecular formula is C16H21N5. The fraction of sp³-hybridized carbons (Fsp3) is 0.438. The number of rotatable bonds is 4. The molecule has 1 fully saturated rings. The van der Waals surface area contributed by atoms with Gasteiger partial charge in [-0.25, -0.2) is 4.98 Å². The highest BCUT2D eigenvalue weighted by molar-refractivity contribution is 5.32. The molecule has 2 N–H and O–H groups in total. The summed E-state index contributed by atoms with van der Waals surface area (Å²) < 4.78 is 0. The average Bonchev–Trinajstić information content (AvgIpc) is 2.54. The molecule has 1 aliphatic rings. The standard InChI is InChI=1S/C16H21N5/c1-12-3-2-4-14(21-12)9-19-16-11-18-15(10-20-16)13-5-7-17-8-6-13/h2-4,10-11,13,17H,5-9H2,1H3,(H,19,20). The van der Waals surface area contributed by atoms with Crippen molar-refractivity contribution in [1.82, 2.24) is 20.3 Å². The van der Waals surface area contributed by atoms with Gasteiger partial charge in [-0.2, -0.15) is 0 Å². The Labute approximate surface area is 125 Å². The molecule has 0 aliphatic carbocycles. The van der Waals surface area contributed by atoms with E-state index in [1.807, 2.05) is 37.5 Å². The van der Waals surface area contributed by atoms with Gasteiger partial charge in [-0.3, -0.25) is 9.97 Å². The predicted molar refractivity (Wildman–Crippen MR) is 83.2 cm³/mol. The maximum atomic E-state index is 4.56. The Balaban J connectivity index is 1.59. The summed E-state index contributed by atoms with van der Waals surface area (Å²) in [6.45, 7) is 4.82. The molecule has 0 unspecified atom stereocenters. The van der Waals surface area contributed by atoms with E-state index in [1.165, 1.54) is 0 Å². The van der Waals surface area contributed by atoms with E-state index in [9.17, 15) is 0 Å². The predicted octanol–water partition coefficient (Wildman–Crippen LogP) is 2.26. The number of piperidine rings is 1. The van der Waals surface area contributed by atoms with E-state index in [4.69, 9.17) is 0 Å². The molecule has 2 aromatic rings. The smallest absolute Gasteiger partial charge is 0.144 e. The summed E-state index contributed by atoms with van der Waals surface area (Å²) in [6, 6.07) is 6.03. The monoisotopic (exact) mass is 283 g/mol. The van der Waals surface area contributed by atoms with Crippen molar-refractivity contribution < 1.29 is 0 Å². The van der Waals surface area contributed by atoms with Crippen molar-refractivity contribution in [3.05, 3.63) is 47.7 Å². The van der Waals surface area contributed by atoms with E-state index in [0.717, 1.165) is 48.8 Å². The fourth-order valence-corrected chi connectivity index (χ4v) is 2.64. The van der Waals surface area contributed by atoms with Gasteiger partial charge in [-0.1, -0.05) is 6.07 Å². The summed E-state index contributed by atoms with van der Waals surface area (Å²) in [5.41, 5.74) is 3.15. The highest BCUT2D eigenvalue weighted by atomic mass is 15.0. The van der Waals surface area contributed by atoms with Crippen LogP contribution in [0.15, 0.2) is 30.6 Å². The fourth-order valence-electron chi connectivity index (χ4n) is 2.64. The minimum atomic E-state index is 0.547. The molecule has 0 spiro atoms. The molecular weight excluding hydrogens is 262 g/mol. The summed E-state index contributed by atoms with van der Waals surface area (Å²) in [6.07, 6.45) is 6.03. The van der Waals surface area contributed by atoms with Crippen molar-refractivity contribution in [2.75, 3.05) is 18.4 Å². The molecule has 5 heteroatoms. The van der Waals surface area contributed by atoms with Gasteiger partial charge in [0.15, 0.2) is 0 Å². The van der Waals surface area contributed by atoms with Crippen LogP contribution in [-0.4, -0.2) is 28.0 Å². The molecule has 1 saturated heterocycles. The molecule has 0 radical (unpaired) electrons. The Kier molecular flexibility index (Phi) is 4.40. The van der Waals surface area contributed by atoms with Crippen LogP contribution in [0.5, 0.6) is 0 Å². The molecule has 5 nitrogen and oxygen atoms in total. The van der Waals surface area contributed by atoms with E-state index < -0.39 is 0 Å². The van der Waals surface area contributed by atoms with E-state index >= 15 is 0 Å². The van der Waals surface area contributed by atoms with Crippen LogP contribution in [-0.2, 0) is 6.54 Å². The first-order valence-electron chi connectivity index (χ1n) is 7.50. The van der Waals surface area contributed by atoms with Crippen LogP contribution in [0, 0.1) is 6.92 Å². The first-order valence-corrected chi connectivity index (χ1v) is 7.50. The molecule has 0 atom stereocenters. The van der Waals surface area contributed by atoms with E-state index in [0.29, 0.717) is 12.5 Å². The van der Waals surface area contributed by atoms with Crippen molar-refractivity contribution >= 4 is 5.82 Å². The van der Waals surface area contributed by atoms with Crippen molar-refractivity contribution in [3.63, 3.8) is 0 Å². The van der Waals surface area contributed by atoms with Crippen molar-refractivity contribution in [2.24, 2.45) is 0 Å². The summed E-state index contributed by atoms with van der Waals surface area (Å²) >= 11 is 0. The van der Waals surface area contributed by atoms with Crippen LogP contribution in [0.4, 0.5) is 5.82 Å². The lowest BCUT2D eigenvalue weighted by molar-refractivity contribution is 0.452. The number of hydrogen-bond acceptors (Lipinski definition) is 5. The van der Waals surface area contributed by atoms with Gasteiger partial charge in [0.05, 0.1) is 30.3 Å². The Morgan fingerprint density at radius 3 is 2.76 bits per heavy atom. The minimum absolute atomic E-state index is 0.547. The molecule has 0 saturated carbocycles. The number of hydrogen-bond donors (Lipinski definition) is 2. The highest BCUT2D eigenvalue weighted by Gasteiger charge is 2.16. The van der Waals surface area contributed by atoms with Gasteiger partial charge in [0.25, 0.3) is 0 Å². The van der Waals surface area contributed by atoms with Gasteiger partial charge in [0.2, 0.25) is 0 Å². The minimum Gasteiger partial charge on any atom is -0.363 e. The first-order chi connectivity index (χ1) is 10.3. The second kappa shape index (κ2) is 6.63. The third-order valence-corrected chi connectivity index (χ3v) is 3.83. The van der Waals surface area contributed by atoms with Crippen LogP contribution in [0.2, 0.25) is 0 Å². The molecule has 0 aromatic carbocycles. The van der Waals surface area contributed by atoms with Crippen LogP contribution in [0.25, 0.3) is 0 Å². The number of nitrogens with zero attached hydrogens (tertiary/aromatic N) is 3. The summed E-state index contributed by atoms with van der Waals surface area (Å²) in [5, 5.41) is 6.64. The summed E-state index contributed by atoms with van der Waals surface area (Å²) in [4.78, 5) is 13.5. The number of pyridine rings is 1. The molecule has 3 rings (SSSR count). The third kappa shape index (κ3) is 3.76. The third-order valence-electron chi connectivity index (χ3n) is 3.83. The lowest BCUT2D eigenvalue weighted by Crippen LogP contribution is -2.27. The average molecular weight is 283 g/mol. The zero-order valence-corrected chi connectivity index (χ0v) is 12.3.